The number of amides is 1. The van der Waals surface area contributed by atoms with Crippen molar-refractivity contribution >= 4 is 11.7 Å². The van der Waals surface area contributed by atoms with Gasteiger partial charge >= 0.3 is 0 Å². The Bertz CT molecular complexity index is 829. The number of fused-ring (bicyclic) bond motifs is 1. The zero-order chi connectivity index (χ0) is 18.9. The van der Waals surface area contributed by atoms with E-state index in [0.29, 0.717) is 11.5 Å². The lowest BCUT2D eigenvalue weighted by molar-refractivity contribution is -0.121. The van der Waals surface area contributed by atoms with Crippen LogP contribution >= 0.6 is 0 Å². The quantitative estimate of drug-likeness (QED) is 0.873. The lowest BCUT2D eigenvalue weighted by Gasteiger charge is -2.25. The van der Waals surface area contributed by atoms with Crippen molar-refractivity contribution in [3.05, 3.63) is 29.6 Å². The minimum atomic E-state index is -0.276. The highest BCUT2D eigenvalue weighted by atomic mass is 16.3. The van der Waals surface area contributed by atoms with Gasteiger partial charge in [0.15, 0.2) is 5.82 Å². The molecule has 0 spiro atoms. The van der Waals surface area contributed by atoms with Crippen molar-refractivity contribution < 1.29 is 9.90 Å². The van der Waals surface area contributed by atoms with Crippen LogP contribution in [0.3, 0.4) is 0 Å². The average molecular weight is 355 g/mol. The van der Waals surface area contributed by atoms with Crippen LogP contribution in [0, 0.1) is 0 Å². The second kappa shape index (κ2) is 6.90. The molecule has 0 radical (unpaired) electrons. The highest BCUT2D eigenvalue weighted by Gasteiger charge is 2.24. The summed E-state index contributed by atoms with van der Waals surface area (Å²) in [5.41, 5.74) is 2.34. The molecule has 0 bridgehead atoms. The molecule has 3 rings (SSSR count). The number of rotatable bonds is 4. The molecular weight excluding hydrogens is 330 g/mol. The molecule has 1 aliphatic carbocycles. The fourth-order valence-electron chi connectivity index (χ4n) is 3.13. The van der Waals surface area contributed by atoms with Crippen LogP contribution < -0.4 is 10.2 Å². The van der Waals surface area contributed by atoms with E-state index in [4.69, 9.17) is 0 Å². The third-order valence-electron chi connectivity index (χ3n) is 4.14. The Morgan fingerprint density at radius 2 is 2.08 bits per heavy atom. The van der Waals surface area contributed by atoms with Gasteiger partial charge in [0, 0.05) is 36.1 Å². The van der Waals surface area contributed by atoms with Gasteiger partial charge in [-0.3, -0.25) is 9.78 Å². The predicted molar refractivity (Wildman–Crippen MR) is 100 cm³/mol. The van der Waals surface area contributed by atoms with Gasteiger partial charge in [-0.1, -0.05) is 0 Å². The third kappa shape index (κ3) is 4.09. The van der Waals surface area contributed by atoms with E-state index in [1.807, 2.05) is 32.7 Å². The van der Waals surface area contributed by atoms with E-state index in [0.717, 1.165) is 36.3 Å². The van der Waals surface area contributed by atoms with Gasteiger partial charge < -0.3 is 15.3 Å². The maximum atomic E-state index is 12.3. The van der Waals surface area contributed by atoms with E-state index in [2.05, 4.69) is 20.3 Å². The number of aromatic nitrogens is 3. The fourth-order valence-corrected chi connectivity index (χ4v) is 3.13. The largest absolute Gasteiger partial charge is 0.508 e. The van der Waals surface area contributed by atoms with Crippen LogP contribution in [0.25, 0.3) is 11.5 Å². The van der Waals surface area contributed by atoms with E-state index in [1.54, 1.807) is 6.07 Å². The number of carbonyl (C=O) groups is 1. The molecule has 7 nitrogen and oxygen atoms in total. The van der Waals surface area contributed by atoms with E-state index in [9.17, 15) is 9.90 Å². The minimum absolute atomic E-state index is 0.0533. The second-order valence-electron chi connectivity index (χ2n) is 7.70. The zero-order valence-corrected chi connectivity index (χ0v) is 15.7. The first-order valence-corrected chi connectivity index (χ1v) is 8.80. The van der Waals surface area contributed by atoms with Crippen LogP contribution in [-0.4, -0.2) is 45.1 Å². The first-order chi connectivity index (χ1) is 12.2. The van der Waals surface area contributed by atoms with E-state index >= 15 is 0 Å². The lowest BCUT2D eigenvalue weighted by Crippen LogP contribution is -2.45. The van der Waals surface area contributed by atoms with Crippen molar-refractivity contribution in [2.45, 2.75) is 45.6 Å². The summed E-state index contributed by atoms with van der Waals surface area (Å²) in [6.45, 7) is 6.09. The normalized spacial score (nSPS) is 13.4. The number of hydrogen-bond donors (Lipinski definition) is 2. The summed E-state index contributed by atoms with van der Waals surface area (Å²) in [6, 6.07) is 3.06. The van der Waals surface area contributed by atoms with Crippen molar-refractivity contribution in [1.29, 1.82) is 0 Å². The van der Waals surface area contributed by atoms with Crippen LogP contribution in [0.2, 0.25) is 0 Å². The van der Waals surface area contributed by atoms with Gasteiger partial charge in [-0.2, -0.15) is 0 Å². The van der Waals surface area contributed by atoms with Crippen LogP contribution in [0.15, 0.2) is 18.3 Å². The molecule has 0 atom stereocenters. The maximum Gasteiger partial charge on any atom is 0.239 e. The number of likely N-dealkylation sites (N-methyl/N-ethyl adjacent to an activating group) is 1. The Balaban J connectivity index is 1.92. The monoisotopic (exact) mass is 355 g/mol. The van der Waals surface area contributed by atoms with Crippen molar-refractivity contribution in [2.24, 2.45) is 0 Å². The van der Waals surface area contributed by atoms with Crippen molar-refractivity contribution in [3.63, 3.8) is 0 Å². The van der Waals surface area contributed by atoms with Gasteiger partial charge in [0.25, 0.3) is 0 Å². The number of carbonyl (C=O) groups excluding carboxylic acids is 1. The molecule has 0 saturated carbocycles. The standard InChI is InChI=1S/C19H25N5O2/c1-19(2,3)23-16(26)11-24(4)18-13-6-5-7-14(13)21-17(22-18)15-10-12(25)8-9-20-15/h8-10H,5-7,11H2,1-4H3,(H,20,25)(H,23,26). The number of aryl methyl sites for hydroxylation is 1. The number of pyridine rings is 1. The van der Waals surface area contributed by atoms with Gasteiger partial charge in [-0.15, -0.1) is 0 Å². The fraction of sp³-hybridized carbons (Fsp3) is 0.474. The Hall–Kier alpha value is -2.70. The van der Waals surface area contributed by atoms with Crippen molar-refractivity contribution in [2.75, 3.05) is 18.5 Å². The molecule has 7 heteroatoms. The predicted octanol–water partition coefficient (Wildman–Crippen LogP) is 2.08. The number of hydrogen-bond acceptors (Lipinski definition) is 6. The van der Waals surface area contributed by atoms with Gasteiger partial charge in [0.05, 0.1) is 6.54 Å². The third-order valence-corrected chi connectivity index (χ3v) is 4.14. The summed E-state index contributed by atoms with van der Waals surface area (Å²) in [7, 11) is 1.86. The molecule has 2 aromatic rings. The summed E-state index contributed by atoms with van der Waals surface area (Å²) in [6.07, 6.45) is 4.35. The average Bonchev–Trinajstić information content (AvgIpc) is 3.00. The van der Waals surface area contributed by atoms with Gasteiger partial charge in [0.1, 0.15) is 17.3 Å². The molecule has 1 aliphatic rings. The van der Waals surface area contributed by atoms with Crippen LogP contribution in [0.5, 0.6) is 5.75 Å². The number of aromatic hydroxyl groups is 1. The summed E-state index contributed by atoms with van der Waals surface area (Å²) in [4.78, 5) is 27.7. The first kappa shape index (κ1) is 18.1. The Labute approximate surface area is 153 Å². The number of nitrogens with zero attached hydrogens (tertiary/aromatic N) is 4. The summed E-state index contributed by atoms with van der Waals surface area (Å²) in [5.74, 6) is 1.30. The highest BCUT2D eigenvalue weighted by Crippen LogP contribution is 2.31. The molecule has 0 unspecified atom stereocenters. The Morgan fingerprint density at radius 3 is 2.77 bits per heavy atom. The molecule has 2 N–H and O–H groups in total. The number of anilines is 1. The molecule has 0 aromatic carbocycles. The molecular formula is C19H25N5O2. The Morgan fingerprint density at radius 1 is 1.31 bits per heavy atom. The molecule has 0 fully saturated rings. The molecule has 2 heterocycles. The highest BCUT2D eigenvalue weighted by molar-refractivity contribution is 5.82. The van der Waals surface area contributed by atoms with Gasteiger partial charge in [0.2, 0.25) is 5.91 Å². The van der Waals surface area contributed by atoms with Gasteiger partial charge in [-0.25, -0.2) is 9.97 Å². The maximum absolute atomic E-state index is 12.3. The minimum Gasteiger partial charge on any atom is -0.508 e. The molecule has 26 heavy (non-hydrogen) atoms. The zero-order valence-electron chi connectivity index (χ0n) is 15.7. The Kier molecular flexibility index (Phi) is 4.80. The summed E-state index contributed by atoms with van der Waals surface area (Å²) < 4.78 is 0. The molecule has 2 aromatic heterocycles. The van der Waals surface area contributed by atoms with Crippen LogP contribution in [-0.2, 0) is 17.6 Å². The molecule has 138 valence electrons. The molecule has 0 aliphatic heterocycles. The molecule has 0 saturated heterocycles. The SMILES string of the molecule is CN(CC(=O)NC(C)(C)C)c1nc(-c2cc(O)ccn2)nc2c1CCC2. The first-order valence-electron chi connectivity index (χ1n) is 8.80. The van der Waals surface area contributed by atoms with Crippen molar-refractivity contribution in [1.82, 2.24) is 20.3 Å². The van der Waals surface area contributed by atoms with Gasteiger partial charge in [-0.05, 0) is 46.1 Å². The number of nitrogens with one attached hydrogen (secondary N) is 1. The van der Waals surface area contributed by atoms with Crippen LogP contribution in [0.4, 0.5) is 5.82 Å². The van der Waals surface area contributed by atoms with E-state index < -0.39 is 0 Å². The second-order valence-corrected chi connectivity index (χ2v) is 7.70. The summed E-state index contributed by atoms with van der Waals surface area (Å²) >= 11 is 0. The lowest BCUT2D eigenvalue weighted by atomic mass is 10.1. The smallest absolute Gasteiger partial charge is 0.239 e. The topological polar surface area (TPSA) is 91.2 Å². The van der Waals surface area contributed by atoms with E-state index in [1.165, 1.54) is 12.3 Å². The van der Waals surface area contributed by atoms with Crippen molar-refractivity contribution in [3.8, 4) is 17.3 Å². The van der Waals surface area contributed by atoms with Crippen LogP contribution in [0.1, 0.15) is 38.4 Å². The summed E-state index contributed by atoms with van der Waals surface area (Å²) in [5, 5.41) is 12.7. The van der Waals surface area contributed by atoms with E-state index in [-0.39, 0.29) is 23.7 Å². The molecule has 1 amide bonds.